The van der Waals surface area contributed by atoms with E-state index in [0.29, 0.717) is 28.2 Å². The molecular weight excluding hydrogens is 428 g/mol. The van der Waals surface area contributed by atoms with Crippen LogP contribution in [-0.2, 0) is 4.79 Å². The Hall–Kier alpha value is -3.72. The van der Waals surface area contributed by atoms with Crippen molar-refractivity contribution in [1.29, 1.82) is 0 Å². The maximum atomic E-state index is 12.9. The molecule has 162 valence electrons. The molecule has 0 fully saturated rings. The molecule has 0 saturated heterocycles. The number of carbonyl (C=O) groups is 1. The minimum atomic E-state index is -0.426. The summed E-state index contributed by atoms with van der Waals surface area (Å²) in [5.74, 6) is 2.54. The average molecular weight is 449 g/mol. The number of carbonyl (C=O) groups excluding carboxylic acids is 1. The van der Waals surface area contributed by atoms with Crippen LogP contribution in [-0.4, -0.2) is 32.7 Å². The molecule has 3 heterocycles. The fourth-order valence-electron chi connectivity index (χ4n) is 3.38. The molecule has 1 N–H and O–H groups in total. The number of nitrogens with zero attached hydrogens (tertiary/aromatic N) is 3. The first-order chi connectivity index (χ1) is 15.6. The second kappa shape index (κ2) is 8.43. The van der Waals surface area contributed by atoms with Crippen LogP contribution in [0.1, 0.15) is 12.7 Å². The number of hydrogen-bond donors (Lipinski definition) is 1. The Morgan fingerprint density at radius 1 is 1.09 bits per heavy atom. The Morgan fingerprint density at radius 3 is 2.69 bits per heavy atom. The molecule has 1 aliphatic rings. The summed E-state index contributed by atoms with van der Waals surface area (Å²) in [4.78, 5) is 12.9. The van der Waals surface area contributed by atoms with Crippen LogP contribution in [0.5, 0.6) is 11.5 Å². The van der Waals surface area contributed by atoms with Gasteiger partial charge in [-0.3, -0.25) is 9.36 Å². The Bertz CT molecular complexity index is 1270. The van der Waals surface area contributed by atoms with Gasteiger partial charge in [-0.2, -0.15) is 0 Å². The molecule has 2 aromatic carbocycles. The fraction of sp³-hybridized carbons (Fsp3) is 0.174. The van der Waals surface area contributed by atoms with Gasteiger partial charge < -0.3 is 19.2 Å². The van der Waals surface area contributed by atoms with Crippen LogP contribution in [0.4, 0.5) is 5.69 Å². The number of anilines is 1. The number of thioether (sulfide) groups is 1. The predicted octanol–water partition coefficient (Wildman–Crippen LogP) is 4.68. The standard InChI is InChI=1S/C23H20N4O4S/c1-14-18(10-11-29-14)21-25-26-23(27(21)17-6-4-3-5-7-17)32-15(2)22(28)24-16-8-9-19-20(12-16)31-13-30-19/h3-12,15H,13H2,1-2H3,(H,24,28)/t15-/m0/s1. The van der Waals surface area contributed by atoms with E-state index in [1.807, 2.05) is 54.8 Å². The van der Waals surface area contributed by atoms with Gasteiger partial charge in [-0.25, -0.2) is 0 Å². The van der Waals surface area contributed by atoms with Crippen LogP contribution in [0.25, 0.3) is 17.1 Å². The number of amides is 1. The fourth-order valence-corrected chi connectivity index (χ4v) is 4.24. The molecule has 0 bridgehead atoms. The van der Waals surface area contributed by atoms with Crippen LogP contribution in [0.3, 0.4) is 0 Å². The van der Waals surface area contributed by atoms with Crippen molar-refractivity contribution < 1.29 is 18.7 Å². The normalized spacial score (nSPS) is 13.2. The maximum Gasteiger partial charge on any atom is 0.237 e. The van der Waals surface area contributed by atoms with E-state index in [2.05, 4.69) is 15.5 Å². The van der Waals surface area contributed by atoms with Crippen LogP contribution in [0.2, 0.25) is 0 Å². The molecule has 1 amide bonds. The molecule has 0 aliphatic carbocycles. The molecule has 4 aromatic rings. The van der Waals surface area contributed by atoms with Crippen molar-refractivity contribution in [1.82, 2.24) is 14.8 Å². The van der Waals surface area contributed by atoms with Crippen molar-refractivity contribution in [3.8, 4) is 28.6 Å². The second-order valence-electron chi connectivity index (χ2n) is 7.18. The lowest BCUT2D eigenvalue weighted by Gasteiger charge is -2.14. The van der Waals surface area contributed by atoms with Gasteiger partial charge in [0.1, 0.15) is 5.76 Å². The molecule has 1 atom stereocenters. The van der Waals surface area contributed by atoms with Crippen LogP contribution in [0, 0.1) is 6.92 Å². The number of aromatic nitrogens is 3. The van der Waals surface area contributed by atoms with Crippen molar-refractivity contribution >= 4 is 23.4 Å². The van der Waals surface area contributed by atoms with E-state index in [-0.39, 0.29) is 12.7 Å². The Kier molecular flexibility index (Phi) is 5.32. The SMILES string of the molecule is Cc1occc1-c1nnc(S[C@@H](C)C(=O)Nc2ccc3c(c2)OCO3)n1-c1ccccc1. The molecule has 32 heavy (non-hydrogen) atoms. The smallest absolute Gasteiger partial charge is 0.237 e. The van der Waals surface area contributed by atoms with Gasteiger partial charge >= 0.3 is 0 Å². The van der Waals surface area contributed by atoms with Gasteiger partial charge in [0.2, 0.25) is 12.7 Å². The van der Waals surface area contributed by atoms with Gasteiger partial charge in [0, 0.05) is 17.4 Å². The Labute approximate surface area is 188 Å². The molecule has 0 saturated carbocycles. The highest BCUT2D eigenvalue weighted by atomic mass is 32.2. The first-order valence-corrected chi connectivity index (χ1v) is 10.9. The Morgan fingerprint density at radius 2 is 1.91 bits per heavy atom. The lowest BCUT2D eigenvalue weighted by molar-refractivity contribution is -0.115. The molecule has 8 nitrogen and oxygen atoms in total. The summed E-state index contributed by atoms with van der Waals surface area (Å²) < 4.78 is 18.1. The van der Waals surface area contributed by atoms with E-state index in [4.69, 9.17) is 13.9 Å². The molecule has 1 aliphatic heterocycles. The van der Waals surface area contributed by atoms with Crippen LogP contribution >= 0.6 is 11.8 Å². The number of ether oxygens (including phenoxy) is 2. The average Bonchev–Trinajstić information content (AvgIpc) is 3.53. The topological polar surface area (TPSA) is 91.4 Å². The van der Waals surface area contributed by atoms with Crippen LogP contribution in [0.15, 0.2) is 70.4 Å². The van der Waals surface area contributed by atoms with Crippen molar-refractivity contribution in [2.45, 2.75) is 24.3 Å². The lowest BCUT2D eigenvalue weighted by Crippen LogP contribution is -2.22. The van der Waals surface area contributed by atoms with Crippen molar-refractivity contribution in [2.75, 3.05) is 12.1 Å². The van der Waals surface area contributed by atoms with Crippen molar-refractivity contribution in [3.05, 3.63) is 66.6 Å². The number of para-hydroxylation sites is 1. The van der Waals surface area contributed by atoms with Gasteiger partial charge in [-0.1, -0.05) is 30.0 Å². The minimum absolute atomic E-state index is 0.155. The van der Waals surface area contributed by atoms with E-state index < -0.39 is 5.25 Å². The van der Waals surface area contributed by atoms with Gasteiger partial charge in [-0.05, 0) is 44.2 Å². The first-order valence-electron chi connectivity index (χ1n) is 10.0. The largest absolute Gasteiger partial charge is 0.469 e. The highest BCUT2D eigenvalue weighted by Gasteiger charge is 2.24. The molecule has 0 unspecified atom stereocenters. The third-order valence-electron chi connectivity index (χ3n) is 5.04. The van der Waals surface area contributed by atoms with E-state index in [0.717, 1.165) is 17.0 Å². The highest BCUT2D eigenvalue weighted by Crippen LogP contribution is 2.35. The zero-order chi connectivity index (χ0) is 22.1. The number of rotatable bonds is 6. The van der Waals surface area contributed by atoms with E-state index in [9.17, 15) is 4.79 Å². The molecule has 0 radical (unpaired) electrons. The maximum absolute atomic E-state index is 12.9. The summed E-state index contributed by atoms with van der Waals surface area (Å²) in [6.07, 6.45) is 1.63. The third kappa shape index (κ3) is 3.82. The number of aryl methyl sites for hydroxylation is 1. The van der Waals surface area contributed by atoms with Crippen molar-refractivity contribution in [2.24, 2.45) is 0 Å². The van der Waals surface area contributed by atoms with Gasteiger partial charge in [0.25, 0.3) is 0 Å². The van der Waals surface area contributed by atoms with E-state index in [1.165, 1.54) is 11.8 Å². The zero-order valence-corrected chi connectivity index (χ0v) is 18.3. The quantitative estimate of drug-likeness (QED) is 0.428. The summed E-state index contributed by atoms with van der Waals surface area (Å²) in [6.45, 7) is 3.90. The minimum Gasteiger partial charge on any atom is -0.469 e. The first kappa shape index (κ1) is 20.2. The number of hydrogen-bond acceptors (Lipinski definition) is 7. The van der Waals surface area contributed by atoms with Gasteiger partial charge in [-0.15, -0.1) is 10.2 Å². The Balaban J connectivity index is 1.40. The second-order valence-corrected chi connectivity index (χ2v) is 8.49. The van der Waals surface area contributed by atoms with Gasteiger partial charge in [0.15, 0.2) is 22.5 Å². The molecule has 0 spiro atoms. The summed E-state index contributed by atoms with van der Waals surface area (Å²) in [6, 6.07) is 17.0. The molecule has 2 aromatic heterocycles. The highest BCUT2D eigenvalue weighted by molar-refractivity contribution is 8.00. The van der Waals surface area contributed by atoms with E-state index in [1.54, 1.807) is 24.5 Å². The van der Waals surface area contributed by atoms with Crippen molar-refractivity contribution in [3.63, 3.8) is 0 Å². The number of furan rings is 1. The summed E-state index contributed by atoms with van der Waals surface area (Å²) in [7, 11) is 0. The lowest BCUT2D eigenvalue weighted by atomic mass is 10.2. The number of fused-ring (bicyclic) bond motifs is 1. The molecule has 9 heteroatoms. The third-order valence-corrected chi connectivity index (χ3v) is 6.08. The van der Waals surface area contributed by atoms with Gasteiger partial charge in [0.05, 0.1) is 17.1 Å². The van der Waals surface area contributed by atoms with Crippen LogP contribution < -0.4 is 14.8 Å². The van der Waals surface area contributed by atoms with E-state index >= 15 is 0 Å². The predicted molar refractivity (Wildman–Crippen MR) is 120 cm³/mol. The monoisotopic (exact) mass is 448 g/mol. The molecular formula is C23H20N4O4S. The summed E-state index contributed by atoms with van der Waals surface area (Å²) in [5, 5.41) is 11.9. The molecule has 5 rings (SSSR count). The zero-order valence-electron chi connectivity index (χ0n) is 17.4. The number of nitrogens with one attached hydrogen (secondary N) is 1. The number of benzene rings is 2. The summed E-state index contributed by atoms with van der Waals surface area (Å²) >= 11 is 1.33. The summed E-state index contributed by atoms with van der Waals surface area (Å²) in [5.41, 5.74) is 2.40.